The number of carbonyl (C=O) groups is 1. The minimum atomic E-state index is -4.87. The Morgan fingerprint density at radius 1 is 1.19 bits per heavy atom. The quantitative estimate of drug-likeness (QED) is 0.692. The van der Waals surface area contributed by atoms with Crippen LogP contribution in [0.3, 0.4) is 0 Å². The first-order valence-corrected chi connectivity index (χ1v) is 10.1. The Morgan fingerprint density at radius 3 is 2.65 bits per heavy atom. The number of nitrogens with one attached hydrogen (secondary N) is 2. The number of aromatic nitrogens is 1. The van der Waals surface area contributed by atoms with E-state index in [1.807, 2.05) is 30.3 Å². The molecule has 2 heterocycles. The highest BCUT2D eigenvalue weighted by atomic mass is 19.4. The number of nitrogens with zero attached hydrogens (tertiary/aromatic N) is 1. The molecular formula is C22H26F3N3O3. The monoisotopic (exact) mass is 437 g/mol. The van der Waals surface area contributed by atoms with Gasteiger partial charge >= 0.3 is 6.36 Å². The third-order valence-electron chi connectivity index (χ3n) is 5.17. The lowest BCUT2D eigenvalue weighted by atomic mass is 9.85. The zero-order chi connectivity index (χ0) is 22.5. The van der Waals surface area contributed by atoms with Crippen LogP contribution < -0.4 is 20.1 Å². The first-order chi connectivity index (χ1) is 14.7. The number of halogens is 3. The largest absolute Gasteiger partial charge is 0.573 e. The van der Waals surface area contributed by atoms with Gasteiger partial charge in [-0.3, -0.25) is 4.79 Å². The first-order valence-electron chi connectivity index (χ1n) is 10.1. The maximum Gasteiger partial charge on any atom is 0.573 e. The average molecular weight is 437 g/mol. The van der Waals surface area contributed by atoms with Gasteiger partial charge in [0.25, 0.3) is 5.88 Å². The third-order valence-corrected chi connectivity index (χ3v) is 5.17. The van der Waals surface area contributed by atoms with E-state index in [0.717, 1.165) is 31.1 Å². The van der Waals surface area contributed by atoms with Crippen molar-refractivity contribution in [3.05, 3.63) is 54.2 Å². The van der Waals surface area contributed by atoms with E-state index in [0.29, 0.717) is 0 Å². The molecule has 1 saturated heterocycles. The van der Waals surface area contributed by atoms with Crippen LogP contribution in [-0.4, -0.2) is 43.0 Å². The summed E-state index contributed by atoms with van der Waals surface area (Å²) in [5.74, 6) is -0.980. The van der Waals surface area contributed by atoms with Crippen LogP contribution in [0.5, 0.6) is 11.6 Å². The molecule has 0 aliphatic carbocycles. The second kappa shape index (κ2) is 9.55. The molecule has 1 aromatic heterocycles. The van der Waals surface area contributed by atoms with Crippen molar-refractivity contribution >= 4 is 5.91 Å². The minimum Gasteiger partial charge on any atom is -0.474 e. The highest BCUT2D eigenvalue weighted by Gasteiger charge is 2.36. The van der Waals surface area contributed by atoms with Crippen molar-refractivity contribution in [1.29, 1.82) is 0 Å². The van der Waals surface area contributed by atoms with E-state index in [2.05, 4.69) is 20.4 Å². The Kier molecular flexibility index (Phi) is 7.04. The van der Waals surface area contributed by atoms with Gasteiger partial charge in [0.05, 0.1) is 5.41 Å². The molecule has 9 heteroatoms. The Morgan fingerprint density at radius 2 is 1.94 bits per heavy atom. The second-order valence-electron chi connectivity index (χ2n) is 8.12. The lowest BCUT2D eigenvalue weighted by Gasteiger charge is -2.35. The Balaban J connectivity index is 1.65. The normalized spacial score (nSPS) is 19.5. The number of piperidine rings is 1. The van der Waals surface area contributed by atoms with Crippen molar-refractivity contribution in [1.82, 2.24) is 15.6 Å². The Hall–Kier alpha value is -2.81. The van der Waals surface area contributed by atoms with Crippen LogP contribution >= 0.6 is 0 Å². The molecule has 3 rings (SSSR count). The Bertz CT molecular complexity index is 875. The molecule has 2 aromatic rings. The molecule has 1 fully saturated rings. The summed E-state index contributed by atoms with van der Waals surface area (Å²) in [6, 6.07) is 12.3. The topological polar surface area (TPSA) is 72.5 Å². The molecule has 31 heavy (non-hydrogen) atoms. The van der Waals surface area contributed by atoms with Crippen molar-refractivity contribution in [3.8, 4) is 11.6 Å². The summed E-state index contributed by atoms with van der Waals surface area (Å²) in [5.41, 5.74) is 0.135. The van der Waals surface area contributed by atoms with Crippen LogP contribution in [0.15, 0.2) is 48.7 Å². The SMILES string of the molecule is CC(C)(COc1ncccc1OC(F)(F)F)C(=O)N[C@H]1CCNC[C@H]1c1ccccc1. The number of hydrogen-bond acceptors (Lipinski definition) is 5. The number of alkyl halides is 3. The summed E-state index contributed by atoms with van der Waals surface area (Å²) in [6.45, 7) is 4.72. The van der Waals surface area contributed by atoms with Crippen molar-refractivity contribution in [2.45, 2.75) is 38.6 Å². The van der Waals surface area contributed by atoms with Gasteiger partial charge in [-0.2, -0.15) is 0 Å². The summed E-state index contributed by atoms with van der Waals surface area (Å²) in [6.07, 6.45) is -2.80. The van der Waals surface area contributed by atoms with Gasteiger partial charge in [0.1, 0.15) is 6.61 Å². The zero-order valence-electron chi connectivity index (χ0n) is 17.4. The fourth-order valence-corrected chi connectivity index (χ4v) is 3.45. The molecule has 1 amide bonds. The lowest BCUT2D eigenvalue weighted by molar-refractivity contribution is -0.275. The van der Waals surface area contributed by atoms with E-state index in [1.54, 1.807) is 13.8 Å². The minimum absolute atomic E-state index is 0.0607. The van der Waals surface area contributed by atoms with Crippen molar-refractivity contribution in [3.63, 3.8) is 0 Å². The lowest BCUT2D eigenvalue weighted by Crippen LogP contribution is -2.52. The van der Waals surface area contributed by atoms with E-state index < -0.39 is 17.5 Å². The molecule has 1 aliphatic rings. The number of pyridine rings is 1. The summed E-state index contributed by atoms with van der Waals surface area (Å²) < 4.78 is 47.2. The number of hydrogen-bond donors (Lipinski definition) is 2. The highest BCUT2D eigenvalue weighted by Crippen LogP contribution is 2.31. The van der Waals surface area contributed by atoms with Gasteiger partial charge in [-0.15, -0.1) is 13.2 Å². The fourth-order valence-electron chi connectivity index (χ4n) is 3.45. The molecule has 1 aromatic carbocycles. The summed E-state index contributed by atoms with van der Waals surface area (Å²) in [5, 5.41) is 6.46. The van der Waals surface area contributed by atoms with Gasteiger partial charge in [0.15, 0.2) is 5.75 Å². The number of carbonyl (C=O) groups excluding carboxylic acids is 1. The summed E-state index contributed by atoms with van der Waals surface area (Å²) >= 11 is 0. The number of amides is 1. The van der Waals surface area contributed by atoms with Gasteiger partial charge in [0.2, 0.25) is 5.91 Å². The van der Waals surface area contributed by atoms with E-state index in [1.165, 1.54) is 12.3 Å². The smallest absolute Gasteiger partial charge is 0.474 e. The van der Waals surface area contributed by atoms with Crippen LogP contribution in [0.4, 0.5) is 13.2 Å². The molecule has 168 valence electrons. The first kappa shape index (κ1) is 22.9. The number of rotatable bonds is 7. The van der Waals surface area contributed by atoms with Gasteiger partial charge in [-0.05, 0) is 44.5 Å². The Labute approximate surface area is 179 Å². The standard InChI is InChI=1S/C22H26F3N3O3/c1-21(2,14-30-19-18(9-6-11-27-19)31-22(23,24)25)20(29)28-17-10-12-26-13-16(17)15-7-4-3-5-8-15/h3-9,11,16-17,26H,10,12-14H2,1-2H3,(H,28,29)/t16-,17-/m0/s1. The maximum absolute atomic E-state index is 13.0. The number of benzene rings is 1. The van der Waals surface area contributed by atoms with Crippen LogP contribution in [0.2, 0.25) is 0 Å². The molecular weight excluding hydrogens is 411 g/mol. The molecule has 0 unspecified atom stereocenters. The van der Waals surface area contributed by atoms with E-state index in [4.69, 9.17) is 4.74 Å². The van der Waals surface area contributed by atoms with Gasteiger partial charge in [-0.1, -0.05) is 30.3 Å². The second-order valence-corrected chi connectivity index (χ2v) is 8.12. The molecule has 0 spiro atoms. The predicted molar refractivity (Wildman–Crippen MR) is 109 cm³/mol. The van der Waals surface area contributed by atoms with Crippen molar-refractivity contribution in [2.24, 2.45) is 5.41 Å². The maximum atomic E-state index is 13.0. The van der Waals surface area contributed by atoms with Crippen LogP contribution in [0.1, 0.15) is 31.7 Å². The van der Waals surface area contributed by atoms with E-state index in [-0.39, 0.29) is 30.4 Å². The van der Waals surface area contributed by atoms with Gasteiger partial charge in [0, 0.05) is 24.7 Å². The van der Waals surface area contributed by atoms with Crippen LogP contribution in [0.25, 0.3) is 0 Å². The average Bonchev–Trinajstić information content (AvgIpc) is 2.73. The molecule has 1 aliphatic heterocycles. The molecule has 0 bridgehead atoms. The molecule has 6 nitrogen and oxygen atoms in total. The van der Waals surface area contributed by atoms with E-state index >= 15 is 0 Å². The van der Waals surface area contributed by atoms with Gasteiger partial charge in [-0.25, -0.2) is 4.98 Å². The van der Waals surface area contributed by atoms with Crippen LogP contribution in [-0.2, 0) is 4.79 Å². The molecule has 2 N–H and O–H groups in total. The summed E-state index contributed by atoms with van der Waals surface area (Å²) in [7, 11) is 0. The van der Waals surface area contributed by atoms with Crippen LogP contribution in [0, 0.1) is 5.41 Å². The zero-order valence-corrected chi connectivity index (χ0v) is 17.4. The predicted octanol–water partition coefficient (Wildman–Crippen LogP) is 3.65. The van der Waals surface area contributed by atoms with E-state index in [9.17, 15) is 18.0 Å². The van der Waals surface area contributed by atoms with Crippen molar-refractivity contribution < 1.29 is 27.4 Å². The highest BCUT2D eigenvalue weighted by molar-refractivity contribution is 5.82. The third kappa shape index (κ3) is 6.33. The molecule has 0 saturated carbocycles. The fraction of sp³-hybridized carbons (Fsp3) is 0.455. The number of ether oxygens (including phenoxy) is 2. The summed E-state index contributed by atoms with van der Waals surface area (Å²) in [4.78, 5) is 16.8. The molecule has 2 atom stereocenters. The van der Waals surface area contributed by atoms with Crippen molar-refractivity contribution in [2.75, 3.05) is 19.7 Å². The molecule has 0 radical (unpaired) electrons. The van der Waals surface area contributed by atoms with Gasteiger partial charge < -0.3 is 20.1 Å².